The second-order valence-electron chi connectivity index (χ2n) is 6.17. The second kappa shape index (κ2) is 7.82. The van der Waals surface area contributed by atoms with Gasteiger partial charge in [-0.05, 0) is 37.6 Å². The van der Waals surface area contributed by atoms with E-state index in [2.05, 4.69) is 10.3 Å². The van der Waals surface area contributed by atoms with Crippen LogP contribution in [0.1, 0.15) is 22.5 Å². The van der Waals surface area contributed by atoms with E-state index in [1.165, 1.54) is 6.07 Å². The molecule has 0 spiro atoms. The molecule has 0 saturated carbocycles. The van der Waals surface area contributed by atoms with Crippen LogP contribution < -0.4 is 10.9 Å². The van der Waals surface area contributed by atoms with Crippen molar-refractivity contribution in [3.8, 4) is 0 Å². The fourth-order valence-electron chi connectivity index (χ4n) is 2.71. The maximum absolute atomic E-state index is 12.4. The number of carbonyl (C=O) groups excluding carboxylic acids is 1. The Kier molecular flexibility index (Phi) is 5.31. The molecule has 134 valence electrons. The molecule has 1 aromatic carbocycles. The third-order valence-corrected chi connectivity index (χ3v) is 4.14. The Bertz CT molecular complexity index is 964. The number of fused-ring (bicyclic) bond motifs is 1. The fraction of sp³-hybridized carbons (Fsp3) is 0.250. The summed E-state index contributed by atoms with van der Waals surface area (Å²) in [5.74, 6) is -0.0525. The van der Waals surface area contributed by atoms with E-state index in [1.807, 2.05) is 31.2 Å². The van der Waals surface area contributed by atoms with E-state index < -0.39 is 0 Å². The molecule has 0 unspecified atom stereocenters. The first kappa shape index (κ1) is 17.7. The minimum absolute atomic E-state index is 0.0525. The monoisotopic (exact) mass is 351 g/mol. The minimum Gasteiger partial charge on any atom is -0.423 e. The van der Waals surface area contributed by atoms with E-state index in [4.69, 9.17) is 4.42 Å². The molecular weight excluding hydrogens is 330 g/mol. The summed E-state index contributed by atoms with van der Waals surface area (Å²) in [6.45, 7) is 3.12. The Hall–Kier alpha value is -3.15. The van der Waals surface area contributed by atoms with Gasteiger partial charge < -0.3 is 14.6 Å². The summed E-state index contributed by atoms with van der Waals surface area (Å²) in [4.78, 5) is 29.8. The molecule has 2 heterocycles. The van der Waals surface area contributed by atoms with Crippen molar-refractivity contribution in [3.63, 3.8) is 0 Å². The van der Waals surface area contributed by atoms with Crippen LogP contribution in [-0.2, 0) is 0 Å². The van der Waals surface area contributed by atoms with Crippen LogP contribution in [0.15, 0.2) is 57.9 Å². The molecule has 0 fully saturated rings. The average molecular weight is 351 g/mol. The number of benzene rings is 1. The third-order valence-electron chi connectivity index (χ3n) is 4.14. The summed E-state index contributed by atoms with van der Waals surface area (Å²) in [7, 11) is 1.77. The SMILES string of the molecule is Cc1ccc(C(=O)N(C)CCCNc2cc(=O)oc3ccccc23)cn1. The number of rotatable bonds is 6. The maximum Gasteiger partial charge on any atom is 0.338 e. The molecule has 0 aliphatic heterocycles. The van der Waals surface area contributed by atoms with Gasteiger partial charge in [0.1, 0.15) is 5.58 Å². The maximum atomic E-state index is 12.4. The topological polar surface area (TPSA) is 75.4 Å². The van der Waals surface area contributed by atoms with Crippen LogP contribution in [0, 0.1) is 6.92 Å². The lowest BCUT2D eigenvalue weighted by Crippen LogP contribution is -2.29. The zero-order chi connectivity index (χ0) is 18.5. The molecule has 6 nitrogen and oxygen atoms in total. The fourth-order valence-corrected chi connectivity index (χ4v) is 2.71. The molecule has 1 amide bonds. The summed E-state index contributed by atoms with van der Waals surface area (Å²) in [6, 6.07) is 12.5. The van der Waals surface area contributed by atoms with E-state index in [9.17, 15) is 9.59 Å². The predicted molar refractivity (Wildman–Crippen MR) is 102 cm³/mol. The van der Waals surface area contributed by atoms with E-state index in [0.717, 1.165) is 23.2 Å². The van der Waals surface area contributed by atoms with E-state index >= 15 is 0 Å². The Morgan fingerprint density at radius 3 is 2.81 bits per heavy atom. The highest BCUT2D eigenvalue weighted by Gasteiger charge is 2.11. The number of para-hydroxylation sites is 1. The summed E-state index contributed by atoms with van der Waals surface area (Å²) >= 11 is 0. The molecule has 1 N–H and O–H groups in total. The van der Waals surface area contributed by atoms with Crippen LogP contribution in [0.3, 0.4) is 0 Å². The molecule has 0 saturated heterocycles. The zero-order valence-electron chi connectivity index (χ0n) is 14.9. The van der Waals surface area contributed by atoms with Gasteiger partial charge in [0.2, 0.25) is 0 Å². The van der Waals surface area contributed by atoms with Gasteiger partial charge in [0.15, 0.2) is 0 Å². The van der Waals surface area contributed by atoms with Gasteiger partial charge in [0.05, 0.1) is 11.3 Å². The molecule has 0 aliphatic carbocycles. The van der Waals surface area contributed by atoms with Crippen LogP contribution in [0.25, 0.3) is 11.0 Å². The molecule has 0 bridgehead atoms. The number of aryl methyl sites for hydroxylation is 1. The highest BCUT2D eigenvalue weighted by molar-refractivity contribution is 5.93. The first-order chi connectivity index (χ1) is 12.5. The number of amides is 1. The first-order valence-electron chi connectivity index (χ1n) is 8.49. The molecule has 3 rings (SSSR count). The number of aromatic nitrogens is 1. The number of hydrogen-bond donors (Lipinski definition) is 1. The molecule has 2 aromatic heterocycles. The smallest absolute Gasteiger partial charge is 0.338 e. The van der Waals surface area contributed by atoms with Gasteiger partial charge in [-0.25, -0.2) is 4.79 Å². The Labute approximate surface area is 151 Å². The molecule has 26 heavy (non-hydrogen) atoms. The van der Waals surface area contributed by atoms with Crippen molar-refractivity contribution in [1.29, 1.82) is 0 Å². The highest BCUT2D eigenvalue weighted by atomic mass is 16.4. The lowest BCUT2D eigenvalue weighted by Gasteiger charge is -2.17. The quantitative estimate of drug-likeness (QED) is 0.546. The number of nitrogens with one attached hydrogen (secondary N) is 1. The van der Waals surface area contributed by atoms with Crippen molar-refractivity contribution in [2.45, 2.75) is 13.3 Å². The van der Waals surface area contributed by atoms with Crippen molar-refractivity contribution in [3.05, 3.63) is 70.3 Å². The third kappa shape index (κ3) is 4.08. The number of nitrogens with zero attached hydrogens (tertiary/aromatic N) is 2. The number of pyridine rings is 1. The molecule has 0 radical (unpaired) electrons. The van der Waals surface area contributed by atoms with Gasteiger partial charge in [-0.15, -0.1) is 0 Å². The number of carbonyl (C=O) groups is 1. The summed E-state index contributed by atoms with van der Waals surface area (Å²) in [5, 5.41) is 4.12. The minimum atomic E-state index is -0.384. The van der Waals surface area contributed by atoms with Crippen molar-refractivity contribution in [2.24, 2.45) is 0 Å². The lowest BCUT2D eigenvalue weighted by molar-refractivity contribution is 0.0794. The average Bonchev–Trinajstić information content (AvgIpc) is 2.64. The Balaban J connectivity index is 1.56. The van der Waals surface area contributed by atoms with Crippen LogP contribution in [0.2, 0.25) is 0 Å². The molecule has 6 heteroatoms. The van der Waals surface area contributed by atoms with Crippen LogP contribution in [0.5, 0.6) is 0 Å². The van der Waals surface area contributed by atoms with Crippen LogP contribution in [0.4, 0.5) is 5.69 Å². The van der Waals surface area contributed by atoms with E-state index in [-0.39, 0.29) is 11.5 Å². The summed E-state index contributed by atoms with van der Waals surface area (Å²) < 4.78 is 5.18. The summed E-state index contributed by atoms with van der Waals surface area (Å²) in [5.41, 5.74) is 2.38. The molecule has 3 aromatic rings. The first-order valence-corrected chi connectivity index (χ1v) is 8.49. The van der Waals surface area contributed by atoms with Crippen LogP contribution in [-0.4, -0.2) is 35.9 Å². The molecular formula is C20H21N3O3. The van der Waals surface area contributed by atoms with Gasteiger partial charge in [-0.1, -0.05) is 12.1 Å². The lowest BCUT2D eigenvalue weighted by atomic mass is 10.2. The van der Waals surface area contributed by atoms with Crippen LogP contribution >= 0.6 is 0 Å². The predicted octanol–water partition coefficient (Wildman–Crippen LogP) is 3.07. The summed E-state index contributed by atoms with van der Waals surface area (Å²) in [6.07, 6.45) is 2.35. The van der Waals surface area contributed by atoms with Crippen molar-refractivity contribution in [2.75, 3.05) is 25.5 Å². The van der Waals surface area contributed by atoms with Gasteiger partial charge in [0.25, 0.3) is 5.91 Å². The second-order valence-corrected chi connectivity index (χ2v) is 6.17. The largest absolute Gasteiger partial charge is 0.423 e. The van der Waals surface area contributed by atoms with E-state index in [0.29, 0.717) is 24.2 Å². The molecule has 0 aliphatic rings. The highest BCUT2D eigenvalue weighted by Crippen LogP contribution is 2.20. The Morgan fingerprint density at radius 2 is 2.04 bits per heavy atom. The van der Waals surface area contributed by atoms with Gasteiger partial charge in [0, 0.05) is 43.5 Å². The standard InChI is InChI=1S/C20H21N3O3/c1-14-8-9-15(13-22-14)20(25)23(2)11-5-10-21-17-12-19(24)26-18-7-4-3-6-16(17)18/h3-4,6-9,12-13,21H,5,10-11H2,1-2H3. The molecule has 0 atom stereocenters. The normalized spacial score (nSPS) is 10.7. The van der Waals surface area contributed by atoms with Crippen molar-refractivity contribution in [1.82, 2.24) is 9.88 Å². The van der Waals surface area contributed by atoms with Gasteiger partial charge in [-0.2, -0.15) is 0 Å². The van der Waals surface area contributed by atoms with Gasteiger partial charge >= 0.3 is 5.63 Å². The van der Waals surface area contributed by atoms with Gasteiger partial charge in [-0.3, -0.25) is 9.78 Å². The van der Waals surface area contributed by atoms with Crippen molar-refractivity contribution >= 4 is 22.6 Å². The zero-order valence-corrected chi connectivity index (χ0v) is 14.9. The van der Waals surface area contributed by atoms with Crippen molar-refractivity contribution < 1.29 is 9.21 Å². The Morgan fingerprint density at radius 1 is 1.23 bits per heavy atom. The number of anilines is 1. The van der Waals surface area contributed by atoms with E-state index in [1.54, 1.807) is 30.3 Å². The number of hydrogen-bond acceptors (Lipinski definition) is 5.